The highest BCUT2D eigenvalue weighted by Crippen LogP contribution is 2.25. The van der Waals surface area contributed by atoms with Crippen LogP contribution in [0.5, 0.6) is 0 Å². The van der Waals surface area contributed by atoms with Gasteiger partial charge in [-0.3, -0.25) is 10.00 Å². The fourth-order valence-electron chi connectivity index (χ4n) is 4.56. The van der Waals surface area contributed by atoms with Crippen LogP contribution in [-0.2, 0) is 6.54 Å². The Balaban J connectivity index is 1.21. The molecular weight excluding hydrogens is 364 g/mol. The van der Waals surface area contributed by atoms with Gasteiger partial charge in [-0.1, -0.05) is 36.4 Å². The Morgan fingerprint density at radius 2 is 2.03 bits per heavy atom. The Kier molecular flexibility index (Phi) is 4.91. The normalized spacial score (nSPS) is 23.4. The Bertz CT molecular complexity index is 987. The van der Waals surface area contributed by atoms with Gasteiger partial charge >= 0.3 is 6.03 Å². The Labute approximate surface area is 170 Å². The van der Waals surface area contributed by atoms with Crippen molar-refractivity contribution in [2.24, 2.45) is 0 Å². The van der Waals surface area contributed by atoms with Crippen LogP contribution in [0.3, 0.4) is 0 Å². The third kappa shape index (κ3) is 3.71. The van der Waals surface area contributed by atoms with Gasteiger partial charge in [0.25, 0.3) is 0 Å². The van der Waals surface area contributed by atoms with E-state index in [0.717, 1.165) is 55.7 Å². The van der Waals surface area contributed by atoms with E-state index in [-0.39, 0.29) is 6.03 Å². The van der Waals surface area contributed by atoms with Crippen molar-refractivity contribution in [1.29, 1.82) is 0 Å². The second kappa shape index (κ2) is 7.85. The highest BCUT2D eigenvalue weighted by atomic mass is 16.2. The van der Waals surface area contributed by atoms with E-state index >= 15 is 0 Å². The molecule has 29 heavy (non-hydrogen) atoms. The molecule has 3 unspecified atom stereocenters. The maximum Gasteiger partial charge on any atom is 0.322 e. The number of para-hydroxylation sites is 2. The molecule has 7 heteroatoms. The van der Waals surface area contributed by atoms with Gasteiger partial charge in [-0.2, -0.15) is 5.10 Å². The number of fused-ring (bicyclic) bond motifs is 3. The second-order valence-corrected chi connectivity index (χ2v) is 7.92. The lowest BCUT2D eigenvalue weighted by Gasteiger charge is -2.40. The summed E-state index contributed by atoms with van der Waals surface area (Å²) in [7, 11) is 0. The highest BCUT2D eigenvalue weighted by molar-refractivity contribution is 5.89. The number of benzene rings is 2. The van der Waals surface area contributed by atoms with Gasteiger partial charge in [-0.15, -0.1) is 0 Å². The summed E-state index contributed by atoms with van der Waals surface area (Å²) in [6.07, 6.45) is 2.90. The van der Waals surface area contributed by atoms with Crippen LogP contribution in [0.25, 0.3) is 10.9 Å². The van der Waals surface area contributed by atoms with Gasteiger partial charge in [0.05, 0.1) is 11.7 Å². The third-order valence-corrected chi connectivity index (χ3v) is 6.10. The van der Waals surface area contributed by atoms with Gasteiger partial charge in [0.15, 0.2) is 0 Å². The number of amides is 2. The molecule has 2 amide bonds. The number of aromatic amines is 1. The van der Waals surface area contributed by atoms with Crippen molar-refractivity contribution in [2.75, 3.05) is 31.5 Å². The topological polar surface area (TPSA) is 76.3 Å². The average Bonchev–Trinajstić information content (AvgIpc) is 3.38. The van der Waals surface area contributed by atoms with E-state index < -0.39 is 0 Å². The number of piperazine rings is 1. The fraction of sp³-hybridized carbons (Fsp3) is 0.364. The largest absolute Gasteiger partial charge is 0.322 e. The Hall–Kier alpha value is -2.90. The van der Waals surface area contributed by atoms with E-state index in [9.17, 15) is 4.79 Å². The molecule has 7 nitrogen and oxygen atoms in total. The molecule has 2 fully saturated rings. The van der Waals surface area contributed by atoms with Gasteiger partial charge in [-0.25, -0.2) is 4.79 Å². The van der Waals surface area contributed by atoms with E-state index in [1.807, 2.05) is 41.4 Å². The summed E-state index contributed by atoms with van der Waals surface area (Å²) in [5.41, 5.74) is 3.16. The summed E-state index contributed by atoms with van der Waals surface area (Å²) >= 11 is 0. The van der Waals surface area contributed by atoms with Crippen molar-refractivity contribution in [3.63, 3.8) is 0 Å². The lowest BCUT2D eigenvalue weighted by molar-refractivity contribution is 0.108. The van der Waals surface area contributed by atoms with Crippen LogP contribution < -0.4 is 10.6 Å². The van der Waals surface area contributed by atoms with Crippen molar-refractivity contribution in [3.8, 4) is 0 Å². The van der Waals surface area contributed by atoms with Gasteiger partial charge < -0.3 is 15.5 Å². The average molecular weight is 390 g/mol. The van der Waals surface area contributed by atoms with Gasteiger partial charge in [0, 0.05) is 55.9 Å². The van der Waals surface area contributed by atoms with Crippen LogP contribution in [0, 0.1) is 0 Å². The number of nitrogens with one attached hydrogen (secondary N) is 3. The quantitative estimate of drug-likeness (QED) is 0.626. The van der Waals surface area contributed by atoms with Crippen molar-refractivity contribution >= 4 is 22.6 Å². The molecule has 3 atom stereocenters. The zero-order chi connectivity index (χ0) is 19.6. The second-order valence-electron chi connectivity index (χ2n) is 7.92. The van der Waals surface area contributed by atoms with Crippen LogP contribution in [0.4, 0.5) is 10.5 Å². The first-order valence-corrected chi connectivity index (χ1v) is 10.3. The summed E-state index contributed by atoms with van der Waals surface area (Å²) < 4.78 is 0. The first kappa shape index (κ1) is 18.1. The molecule has 150 valence electrons. The SMILES string of the molecule is O=C(Nc1ccccc1)N1CC(CNCc2cccc3cn[nH]c23)N2CCC1C2. The monoisotopic (exact) mass is 390 g/mol. The maximum absolute atomic E-state index is 12.9. The minimum absolute atomic E-state index is 0.00924. The number of hydrogen-bond donors (Lipinski definition) is 3. The molecule has 0 radical (unpaired) electrons. The molecule has 3 heterocycles. The number of urea groups is 1. The molecule has 5 rings (SSSR count). The number of hydrogen-bond acceptors (Lipinski definition) is 4. The van der Waals surface area contributed by atoms with E-state index in [2.05, 4.69) is 43.9 Å². The van der Waals surface area contributed by atoms with Crippen LogP contribution in [0.1, 0.15) is 12.0 Å². The van der Waals surface area contributed by atoms with Gasteiger partial charge in [-0.05, 0) is 24.1 Å². The molecule has 0 saturated carbocycles. The fourth-order valence-corrected chi connectivity index (χ4v) is 4.56. The summed E-state index contributed by atoms with van der Waals surface area (Å²) in [5, 5.41) is 15.0. The van der Waals surface area contributed by atoms with E-state index in [1.165, 1.54) is 5.56 Å². The molecule has 0 spiro atoms. The summed E-state index contributed by atoms with van der Waals surface area (Å²) in [6, 6.07) is 16.6. The number of carbonyl (C=O) groups excluding carboxylic acids is 1. The van der Waals surface area contributed by atoms with Gasteiger partial charge in [0.1, 0.15) is 0 Å². The molecule has 2 saturated heterocycles. The van der Waals surface area contributed by atoms with Crippen LogP contribution in [0.2, 0.25) is 0 Å². The van der Waals surface area contributed by atoms with E-state index in [0.29, 0.717) is 12.1 Å². The molecule has 3 aromatic rings. The first-order valence-electron chi connectivity index (χ1n) is 10.3. The molecule has 0 aliphatic carbocycles. The minimum atomic E-state index is 0.00924. The van der Waals surface area contributed by atoms with Gasteiger partial charge in [0.2, 0.25) is 0 Å². The number of nitrogens with zero attached hydrogens (tertiary/aromatic N) is 3. The zero-order valence-corrected chi connectivity index (χ0v) is 16.3. The van der Waals surface area contributed by atoms with E-state index in [1.54, 1.807) is 0 Å². The van der Waals surface area contributed by atoms with Crippen LogP contribution in [0.15, 0.2) is 54.7 Å². The van der Waals surface area contributed by atoms with Crippen LogP contribution in [-0.4, -0.2) is 64.3 Å². The number of aromatic nitrogens is 2. The van der Waals surface area contributed by atoms with Crippen LogP contribution >= 0.6 is 0 Å². The molecule has 3 N–H and O–H groups in total. The highest BCUT2D eigenvalue weighted by Gasteiger charge is 2.40. The van der Waals surface area contributed by atoms with Crippen molar-refractivity contribution in [3.05, 3.63) is 60.3 Å². The molecule has 2 aromatic carbocycles. The third-order valence-electron chi connectivity index (χ3n) is 6.10. The van der Waals surface area contributed by atoms with Crippen molar-refractivity contribution in [1.82, 2.24) is 25.3 Å². The number of rotatable bonds is 5. The first-order chi connectivity index (χ1) is 14.3. The summed E-state index contributed by atoms with van der Waals surface area (Å²) in [4.78, 5) is 17.4. The zero-order valence-electron chi connectivity index (χ0n) is 16.3. The molecule has 1 aromatic heterocycles. The number of H-pyrrole nitrogens is 1. The smallest absolute Gasteiger partial charge is 0.319 e. The standard InChI is InChI=1S/C22H26N6O/c29-22(25-18-7-2-1-3-8-18)28-15-20(27-10-9-19(28)14-27)13-23-11-16-5-4-6-17-12-24-26-21(16)17/h1-8,12,19-20,23H,9-11,13-15H2,(H,24,26)(H,25,29). The lowest BCUT2D eigenvalue weighted by Crippen LogP contribution is -2.58. The molecule has 2 aliphatic rings. The number of anilines is 1. The maximum atomic E-state index is 12.9. The summed E-state index contributed by atoms with van der Waals surface area (Å²) in [5.74, 6) is 0. The van der Waals surface area contributed by atoms with E-state index in [4.69, 9.17) is 0 Å². The van der Waals surface area contributed by atoms with Crippen molar-refractivity contribution in [2.45, 2.75) is 25.0 Å². The summed E-state index contributed by atoms with van der Waals surface area (Å²) in [6.45, 7) is 4.41. The molecular formula is C22H26N6O. The Morgan fingerprint density at radius 1 is 1.14 bits per heavy atom. The minimum Gasteiger partial charge on any atom is -0.319 e. The predicted molar refractivity (Wildman–Crippen MR) is 114 cm³/mol. The lowest BCUT2D eigenvalue weighted by atomic mass is 10.1. The van der Waals surface area contributed by atoms with Crippen molar-refractivity contribution < 1.29 is 4.79 Å². The predicted octanol–water partition coefficient (Wildman–Crippen LogP) is 2.64. The molecule has 2 aliphatic heterocycles. The molecule has 2 bridgehead atoms. The Morgan fingerprint density at radius 3 is 2.93 bits per heavy atom. The number of carbonyl (C=O) groups is 1.